The molecule has 0 aliphatic carbocycles. The molecule has 0 aliphatic heterocycles. The van der Waals surface area contributed by atoms with E-state index in [1.807, 2.05) is 42.6 Å². The quantitative estimate of drug-likeness (QED) is 0.166. The third-order valence-electron chi connectivity index (χ3n) is 10.1. The SMILES string of the molecule is c1ccc(-c2cc(-c3ccccn3)nc(-c3cc(-c4cc(-c5cccc(-n6c7ccccc7c7ccccc76)c5)cc(-c5ccccc5)n4)ccn3)c2)cc1. The Balaban J connectivity index is 1.11. The zero-order chi connectivity index (χ0) is 36.6. The lowest BCUT2D eigenvalue weighted by atomic mass is 9.99. The van der Waals surface area contributed by atoms with Crippen LogP contribution in [0, 0.1) is 0 Å². The molecule has 5 heteroatoms. The Hall–Kier alpha value is -7.50. The van der Waals surface area contributed by atoms with Crippen molar-refractivity contribution in [2.45, 2.75) is 0 Å². The van der Waals surface area contributed by atoms with E-state index in [4.69, 9.17) is 15.0 Å². The maximum Gasteiger partial charge on any atom is 0.0900 e. The topological polar surface area (TPSA) is 56.5 Å². The normalized spacial score (nSPS) is 11.3. The lowest BCUT2D eigenvalue weighted by molar-refractivity contribution is 1.18. The van der Waals surface area contributed by atoms with Gasteiger partial charge in [-0.2, -0.15) is 0 Å². The highest BCUT2D eigenvalue weighted by atomic mass is 15.0. The van der Waals surface area contributed by atoms with Gasteiger partial charge in [0.25, 0.3) is 0 Å². The first-order valence-electron chi connectivity index (χ1n) is 18.4. The Morgan fingerprint density at radius 2 is 0.818 bits per heavy atom. The Bertz CT molecular complexity index is 2860. The van der Waals surface area contributed by atoms with Gasteiger partial charge in [-0.15, -0.1) is 0 Å². The summed E-state index contributed by atoms with van der Waals surface area (Å²) in [5.74, 6) is 0. The molecule has 0 radical (unpaired) electrons. The minimum atomic E-state index is 0.759. The number of nitrogens with zero attached hydrogens (tertiary/aromatic N) is 5. The molecule has 0 bridgehead atoms. The number of pyridine rings is 4. The number of hydrogen-bond acceptors (Lipinski definition) is 4. The molecule has 0 atom stereocenters. The first-order chi connectivity index (χ1) is 27.2. The molecule has 10 rings (SSSR count). The van der Waals surface area contributed by atoms with Gasteiger partial charge in [-0.05, 0) is 95.1 Å². The van der Waals surface area contributed by atoms with Gasteiger partial charge in [-0.1, -0.05) is 115 Å². The van der Waals surface area contributed by atoms with Crippen LogP contribution in [0.1, 0.15) is 0 Å². The molecule has 0 aliphatic rings. The molecule has 10 aromatic rings. The number of para-hydroxylation sites is 2. The molecule has 0 fully saturated rings. The van der Waals surface area contributed by atoms with Crippen molar-refractivity contribution >= 4 is 21.8 Å². The zero-order valence-electron chi connectivity index (χ0n) is 29.8. The minimum Gasteiger partial charge on any atom is -0.309 e. The summed E-state index contributed by atoms with van der Waals surface area (Å²) in [4.78, 5) is 19.8. The van der Waals surface area contributed by atoms with Crippen LogP contribution in [-0.4, -0.2) is 24.5 Å². The molecule has 5 aromatic heterocycles. The van der Waals surface area contributed by atoms with Gasteiger partial charge in [0.15, 0.2) is 0 Å². The third-order valence-corrected chi connectivity index (χ3v) is 10.1. The van der Waals surface area contributed by atoms with E-state index in [2.05, 4.69) is 161 Å². The van der Waals surface area contributed by atoms with Crippen LogP contribution in [0.25, 0.3) is 95.0 Å². The molecule has 0 unspecified atom stereocenters. The van der Waals surface area contributed by atoms with E-state index in [1.54, 1.807) is 6.20 Å². The Morgan fingerprint density at radius 1 is 0.291 bits per heavy atom. The van der Waals surface area contributed by atoms with Crippen LogP contribution in [0.3, 0.4) is 0 Å². The summed E-state index contributed by atoms with van der Waals surface area (Å²) in [6.07, 6.45) is 3.65. The third kappa shape index (κ3) is 6.14. The van der Waals surface area contributed by atoms with Gasteiger partial charge in [-0.3, -0.25) is 9.97 Å². The lowest BCUT2D eigenvalue weighted by Crippen LogP contribution is -1.96. The predicted molar refractivity (Wildman–Crippen MR) is 225 cm³/mol. The summed E-state index contributed by atoms with van der Waals surface area (Å²) in [7, 11) is 0. The van der Waals surface area contributed by atoms with Crippen LogP contribution in [0.5, 0.6) is 0 Å². The fraction of sp³-hybridized carbons (Fsp3) is 0. The van der Waals surface area contributed by atoms with E-state index in [0.717, 1.165) is 73.2 Å². The summed E-state index contributed by atoms with van der Waals surface area (Å²) in [6, 6.07) is 65.4. The first-order valence-corrected chi connectivity index (χ1v) is 18.4. The number of aromatic nitrogens is 5. The van der Waals surface area contributed by atoms with E-state index in [9.17, 15) is 0 Å². The van der Waals surface area contributed by atoms with Crippen LogP contribution in [0.4, 0.5) is 0 Å². The highest BCUT2D eigenvalue weighted by Gasteiger charge is 2.16. The molecule has 0 N–H and O–H groups in total. The van der Waals surface area contributed by atoms with Crippen molar-refractivity contribution < 1.29 is 0 Å². The molecule has 55 heavy (non-hydrogen) atoms. The van der Waals surface area contributed by atoms with E-state index in [0.29, 0.717) is 0 Å². The summed E-state index contributed by atoms with van der Waals surface area (Å²) in [6.45, 7) is 0. The molecule has 258 valence electrons. The fourth-order valence-electron chi connectivity index (χ4n) is 7.46. The maximum atomic E-state index is 5.26. The van der Waals surface area contributed by atoms with Crippen molar-refractivity contribution in [1.82, 2.24) is 24.5 Å². The molecule has 0 spiro atoms. The largest absolute Gasteiger partial charge is 0.309 e. The van der Waals surface area contributed by atoms with Crippen LogP contribution in [0.15, 0.2) is 200 Å². The number of benzene rings is 5. The van der Waals surface area contributed by atoms with Crippen molar-refractivity contribution in [3.8, 4) is 73.2 Å². The molecule has 0 saturated heterocycles. The van der Waals surface area contributed by atoms with Gasteiger partial charge in [0.05, 0.1) is 45.2 Å². The number of rotatable bonds is 7. The molecule has 5 heterocycles. The van der Waals surface area contributed by atoms with Gasteiger partial charge in [0, 0.05) is 40.0 Å². The second kappa shape index (κ2) is 13.8. The summed E-state index contributed by atoms with van der Waals surface area (Å²) in [5, 5.41) is 2.48. The van der Waals surface area contributed by atoms with Gasteiger partial charge in [0.1, 0.15) is 0 Å². The van der Waals surface area contributed by atoms with Crippen LogP contribution in [-0.2, 0) is 0 Å². The number of fused-ring (bicyclic) bond motifs is 3. The highest BCUT2D eigenvalue weighted by Crippen LogP contribution is 2.36. The van der Waals surface area contributed by atoms with Crippen molar-refractivity contribution in [1.29, 1.82) is 0 Å². The van der Waals surface area contributed by atoms with Crippen molar-refractivity contribution in [2.24, 2.45) is 0 Å². The van der Waals surface area contributed by atoms with Crippen LogP contribution < -0.4 is 0 Å². The molecule has 0 saturated carbocycles. The van der Waals surface area contributed by atoms with Crippen molar-refractivity contribution in [2.75, 3.05) is 0 Å². The first kappa shape index (κ1) is 32.2. The van der Waals surface area contributed by atoms with Crippen LogP contribution >= 0.6 is 0 Å². The standard InChI is InChI=1S/C50H33N5/c1-3-14-34(15-4-1)38-32-47(43-22-11-12-26-51-43)54-48(33-38)46-29-37(25-27-52-46)45-31-39(30-44(53-45)35-16-5-2-6-17-35)36-18-13-19-40(28-36)55-49-23-9-7-20-41(49)42-21-8-10-24-50(42)55/h1-33H. The van der Waals surface area contributed by atoms with Crippen LogP contribution in [0.2, 0.25) is 0 Å². The van der Waals surface area contributed by atoms with Gasteiger partial charge in [-0.25, -0.2) is 9.97 Å². The lowest BCUT2D eigenvalue weighted by Gasteiger charge is -2.13. The van der Waals surface area contributed by atoms with Crippen molar-refractivity contribution in [3.05, 3.63) is 200 Å². The summed E-state index contributed by atoms with van der Waals surface area (Å²) in [5.41, 5.74) is 14.7. The number of hydrogen-bond donors (Lipinski definition) is 0. The Labute approximate surface area is 318 Å². The Kier molecular flexibility index (Phi) is 8.08. The van der Waals surface area contributed by atoms with E-state index in [1.165, 1.54) is 21.8 Å². The van der Waals surface area contributed by atoms with E-state index >= 15 is 0 Å². The second-order valence-electron chi connectivity index (χ2n) is 13.5. The maximum absolute atomic E-state index is 5.26. The Morgan fingerprint density at radius 3 is 1.53 bits per heavy atom. The van der Waals surface area contributed by atoms with Crippen molar-refractivity contribution in [3.63, 3.8) is 0 Å². The second-order valence-corrected chi connectivity index (χ2v) is 13.5. The van der Waals surface area contributed by atoms with Gasteiger partial charge < -0.3 is 4.57 Å². The van der Waals surface area contributed by atoms with E-state index < -0.39 is 0 Å². The summed E-state index contributed by atoms with van der Waals surface area (Å²) >= 11 is 0. The van der Waals surface area contributed by atoms with Gasteiger partial charge >= 0.3 is 0 Å². The van der Waals surface area contributed by atoms with E-state index in [-0.39, 0.29) is 0 Å². The fourth-order valence-corrected chi connectivity index (χ4v) is 7.46. The zero-order valence-corrected chi connectivity index (χ0v) is 29.8. The highest BCUT2D eigenvalue weighted by molar-refractivity contribution is 6.09. The monoisotopic (exact) mass is 703 g/mol. The smallest absolute Gasteiger partial charge is 0.0900 e. The molecule has 0 amide bonds. The molecule has 5 aromatic carbocycles. The summed E-state index contributed by atoms with van der Waals surface area (Å²) < 4.78 is 2.36. The molecular formula is C50H33N5. The average molecular weight is 704 g/mol. The minimum absolute atomic E-state index is 0.759. The molecule has 5 nitrogen and oxygen atoms in total. The molecular weight excluding hydrogens is 671 g/mol. The average Bonchev–Trinajstić information content (AvgIpc) is 3.61. The van der Waals surface area contributed by atoms with Gasteiger partial charge in [0.2, 0.25) is 0 Å². The predicted octanol–water partition coefficient (Wildman–Crippen LogP) is 12.4.